The Labute approximate surface area is 101 Å². The molecule has 0 saturated carbocycles. The Morgan fingerprint density at radius 2 is 2.24 bits per heavy atom. The third kappa shape index (κ3) is 1.54. The Balaban J connectivity index is 2.11. The van der Waals surface area contributed by atoms with Gasteiger partial charge in [-0.2, -0.15) is 0 Å². The molecule has 0 saturated heterocycles. The molecule has 2 atom stereocenters. The minimum atomic E-state index is 0.282. The van der Waals surface area contributed by atoms with Crippen molar-refractivity contribution in [2.45, 2.75) is 26.2 Å². The Kier molecular flexibility index (Phi) is 2.21. The maximum absolute atomic E-state index is 5.91. The standard InChI is InChI=1S/C14H16N2O/c1-8-3-4-11-10(5-8)6-9(2)13(11)14-12(15)7-17-16-14/h3-5,7,9,13H,6,15H2,1-2H3. The van der Waals surface area contributed by atoms with Crippen molar-refractivity contribution in [3.8, 4) is 0 Å². The zero-order valence-corrected chi connectivity index (χ0v) is 10.1. The van der Waals surface area contributed by atoms with Gasteiger partial charge < -0.3 is 10.3 Å². The molecule has 2 N–H and O–H groups in total. The maximum Gasteiger partial charge on any atom is 0.147 e. The fourth-order valence-corrected chi connectivity index (χ4v) is 2.89. The van der Waals surface area contributed by atoms with Gasteiger partial charge in [0.1, 0.15) is 12.0 Å². The molecule has 2 aromatic rings. The molecule has 1 aliphatic carbocycles. The Morgan fingerprint density at radius 1 is 1.41 bits per heavy atom. The van der Waals surface area contributed by atoms with E-state index >= 15 is 0 Å². The Morgan fingerprint density at radius 3 is 2.94 bits per heavy atom. The quantitative estimate of drug-likeness (QED) is 0.816. The molecule has 1 aromatic carbocycles. The summed E-state index contributed by atoms with van der Waals surface area (Å²) < 4.78 is 4.97. The van der Waals surface area contributed by atoms with Crippen molar-refractivity contribution >= 4 is 5.69 Å². The van der Waals surface area contributed by atoms with Crippen molar-refractivity contribution in [3.63, 3.8) is 0 Å². The first-order chi connectivity index (χ1) is 8.16. The molecule has 3 heteroatoms. The molecule has 0 spiro atoms. The maximum atomic E-state index is 5.91. The number of nitrogens with zero attached hydrogens (tertiary/aromatic N) is 1. The zero-order valence-electron chi connectivity index (χ0n) is 10.1. The molecule has 0 bridgehead atoms. The van der Waals surface area contributed by atoms with E-state index < -0.39 is 0 Å². The molecule has 0 amide bonds. The van der Waals surface area contributed by atoms with Gasteiger partial charge in [0.25, 0.3) is 0 Å². The van der Waals surface area contributed by atoms with Crippen LogP contribution < -0.4 is 5.73 Å². The second kappa shape index (κ2) is 3.62. The van der Waals surface area contributed by atoms with Gasteiger partial charge in [-0.1, -0.05) is 35.8 Å². The van der Waals surface area contributed by atoms with Crippen LogP contribution in [0.15, 0.2) is 29.0 Å². The van der Waals surface area contributed by atoms with Crippen LogP contribution in [0.5, 0.6) is 0 Å². The fraction of sp³-hybridized carbons (Fsp3) is 0.357. The smallest absolute Gasteiger partial charge is 0.147 e. The fourth-order valence-electron chi connectivity index (χ4n) is 2.89. The Hall–Kier alpha value is -1.77. The van der Waals surface area contributed by atoms with Crippen LogP contribution in [0.3, 0.4) is 0 Å². The van der Waals surface area contributed by atoms with Crippen LogP contribution in [0.4, 0.5) is 5.69 Å². The van der Waals surface area contributed by atoms with E-state index in [0.717, 1.165) is 12.1 Å². The van der Waals surface area contributed by atoms with Gasteiger partial charge in [0.05, 0.1) is 5.69 Å². The minimum absolute atomic E-state index is 0.282. The van der Waals surface area contributed by atoms with E-state index in [1.165, 1.54) is 23.0 Å². The number of aromatic nitrogens is 1. The van der Waals surface area contributed by atoms with Gasteiger partial charge in [-0.15, -0.1) is 0 Å². The summed E-state index contributed by atoms with van der Waals surface area (Å²) in [6.45, 7) is 4.37. The molecule has 3 nitrogen and oxygen atoms in total. The summed E-state index contributed by atoms with van der Waals surface area (Å²) in [5.41, 5.74) is 11.5. The van der Waals surface area contributed by atoms with E-state index in [1.54, 1.807) is 0 Å². The van der Waals surface area contributed by atoms with Gasteiger partial charge in [0.2, 0.25) is 0 Å². The second-order valence-corrected chi connectivity index (χ2v) is 5.02. The average Bonchev–Trinajstić information content (AvgIpc) is 2.80. The van der Waals surface area contributed by atoms with Crippen molar-refractivity contribution in [2.75, 3.05) is 5.73 Å². The van der Waals surface area contributed by atoms with Crippen molar-refractivity contribution in [2.24, 2.45) is 5.92 Å². The van der Waals surface area contributed by atoms with Gasteiger partial charge in [-0.05, 0) is 30.4 Å². The largest absolute Gasteiger partial charge is 0.395 e. The van der Waals surface area contributed by atoms with E-state index in [0.29, 0.717) is 11.6 Å². The highest BCUT2D eigenvalue weighted by atomic mass is 16.5. The number of anilines is 1. The molecular formula is C14H16N2O. The lowest BCUT2D eigenvalue weighted by Gasteiger charge is -2.14. The van der Waals surface area contributed by atoms with E-state index in [2.05, 4.69) is 37.2 Å². The molecule has 88 valence electrons. The van der Waals surface area contributed by atoms with Crippen molar-refractivity contribution in [1.29, 1.82) is 0 Å². The number of aryl methyl sites for hydroxylation is 1. The highest BCUT2D eigenvalue weighted by molar-refractivity contribution is 5.50. The van der Waals surface area contributed by atoms with Crippen LogP contribution >= 0.6 is 0 Å². The van der Waals surface area contributed by atoms with E-state index in [1.807, 2.05) is 0 Å². The lowest BCUT2D eigenvalue weighted by Crippen LogP contribution is -2.08. The van der Waals surface area contributed by atoms with Crippen molar-refractivity contribution < 1.29 is 4.52 Å². The van der Waals surface area contributed by atoms with Gasteiger partial charge in [0, 0.05) is 5.92 Å². The normalized spacial score (nSPS) is 22.7. The van der Waals surface area contributed by atoms with Crippen LogP contribution in [0.1, 0.15) is 35.2 Å². The molecule has 1 aromatic heterocycles. The summed E-state index contributed by atoms with van der Waals surface area (Å²) in [5.74, 6) is 0.809. The number of nitrogens with two attached hydrogens (primary N) is 1. The molecule has 1 aliphatic rings. The lowest BCUT2D eigenvalue weighted by atomic mass is 9.90. The molecule has 0 fully saturated rings. The zero-order chi connectivity index (χ0) is 12.0. The summed E-state index contributed by atoms with van der Waals surface area (Å²) in [6.07, 6.45) is 2.61. The van der Waals surface area contributed by atoms with Crippen LogP contribution in [0.25, 0.3) is 0 Å². The van der Waals surface area contributed by atoms with Gasteiger partial charge >= 0.3 is 0 Å². The van der Waals surface area contributed by atoms with Gasteiger partial charge in [-0.3, -0.25) is 0 Å². The third-order valence-corrected chi connectivity index (χ3v) is 3.67. The summed E-state index contributed by atoms with van der Waals surface area (Å²) in [4.78, 5) is 0. The molecule has 3 rings (SSSR count). The number of hydrogen-bond donors (Lipinski definition) is 1. The topological polar surface area (TPSA) is 52.0 Å². The molecular weight excluding hydrogens is 212 g/mol. The predicted octanol–water partition coefficient (Wildman–Crippen LogP) is 2.89. The van der Waals surface area contributed by atoms with Crippen molar-refractivity contribution in [1.82, 2.24) is 5.16 Å². The van der Waals surface area contributed by atoms with Crippen LogP contribution in [0, 0.1) is 12.8 Å². The van der Waals surface area contributed by atoms with Gasteiger partial charge in [0.15, 0.2) is 0 Å². The predicted molar refractivity (Wildman–Crippen MR) is 66.8 cm³/mol. The lowest BCUT2D eigenvalue weighted by molar-refractivity contribution is 0.400. The van der Waals surface area contributed by atoms with E-state index in [-0.39, 0.29) is 5.92 Å². The molecule has 1 heterocycles. The summed E-state index contributed by atoms with van der Waals surface area (Å²) in [6, 6.07) is 6.62. The monoisotopic (exact) mass is 228 g/mol. The van der Waals surface area contributed by atoms with Crippen LogP contribution in [-0.4, -0.2) is 5.16 Å². The second-order valence-electron chi connectivity index (χ2n) is 5.02. The molecule has 0 aliphatic heterocycles. The number of benzene rings is 1. The molecule has 2 unspecified atom stereocenters. The third-order valence-electron chi connectivity index (χ3n) is 3.67. The summed E-state index contributed by atoms with van der Waals surface area (Å²) in [7, 11) is 0. The number of rotatable bonds is 1. The van der Waals surface area contributed by atoms with Crippen LogP contribution in [-0.2, 0) is 6.42 Å². The minimum Gasteiger partial charge on any atom is -0.395 e. The highest BCUT2D eigenvalue weighted by Crippen LogP contribution is 2.43. The van der Waals surface area contributed by atoms with Crippen LogP contribution in [0.2, 0.25) is 0 Å². The number of fused-ring (bicyclic) bond motifs is 1. The van der Waals surface area contributed by atoms with E-state index in [9.17, 15) is 0 Å². The highest BCUT2D eigenvalue weighted by Gasteiger charge is 2.33. The van der Waals surface area contributed by atoms with Gasteiger partial charge in [-0.25, -0.2) is 0 Å². The Bertz CT molecular complexity index is 559. The van der Waals surface area contributed by atoms with E-state index in [4.69, 9.17) is 10.3 Å². The van der Waals surface area contributed by atoms with Crippen molar-refractivity contribution in [3.05, 3.63) is 46.8 Å². The first-order valence-corrected chi connectivity index (χ1v) is 5.96. The molecule has 17 heavy (non-hydrogen) atoms. The summed E-state index contributed by atoms with van der Waals surface area (Å²) in [5, 5.41) is 4.07. The summed E-state index contributed by atoms with van der Waals surface area (Å²) >= 11 is 0. The average molecular weight is 228 g/mol. The molecule has 0 radical (unpaired) electrons. The first kappa shape index (κ1) is 10.4. The SMILES string of the molecule is Cc1ccc2c(c1)CC(C)C2c1nocc1N. The number of hydrogen-bond acceptors (Lipinski definition) is 3. The number of nitrogen functional groups attached to an aromatic ring is 1. The first-order valence-electron chi connectivity index (χ1n) is 5.96.